The normalized spacial score (nSPS) is 10.8. The molecule has 0 aliphatic rings. The first-order valence-corrected chi connectivity index (χ1v) is 6.15. The molecule has 0 saturated carbocycles. The van der Waals surface area contributed by atoms with Gasteiger partial charge >= 0.3 is 0 Å². The Balaban J connectivity index is 2.40. The summed E-state index contributed by atoms with van der Waals surface area (Å²) in [6, 6.07) is 10.1. The van der Waals surface area contributed by atoms with E-state index in [-0.39, 0.29) is 5.75 Å². The maximum absolute atomic E-state index is 11.7. The number of benzene rings is 2. The topological polar surface area (TPSA) is 87.8 Å². The van der Waals surface area contributed by atoms with Crippen LogP contribution in [0.15, 0.2) is 41.4 Å². The van der Waals surface area contributed by atoms with Crippen molar-refractivity contribution in [3.8, 4) is 11.5 Å². The van der Waals surface area contributed by atoms with Crippen LogP contribution in [0.4, 0.5) is 11.4 Å². The third-order valence-corrected chi connectivity index (χ3v) is 2.84. The molecule has 21 heavy (non-hydrogen) atoms. The van der Waals surface area contributed by atoms with Crippen LogP contribution >= 0.6 is 0 Å². The highest BCUT2D eigenvalue weighted by atomic mass is 16.6. The Hall–Kier alpha value is -2.89. The summed E-state index contributed by atoms with van der Waals surface area (Å²) in [4.78, 5) is 14.4. The quantitative estimate of drug-likeness (QED) is 0.491. The van der Waals surface area contributed by atoms with Gasteiger partial charge in [0.25, 0.3) is 5.69 Å². The van der Waals surface area contributed by atoms with E-state index in [2.05, 4.69) is 4.99 Å². The highest BCUT2D eigenvalue weighted by Gasteiger charge is 2.12. The molecule has 0 aliphatic heterocycles. The maximum atomic E-state index is 11.7. The van der Waals surface area contributed by atoms with Gasteiger partial charge < -0.3 is 9.84 Å². The molecule has 108 valence electrons. The summed E-state index contributed by atoms with van der Waals surface area (Å²) >= 11 is 0. The first-order chi connectivity index (χ1) is 10.0. The predicted octanol–water partition coefficient (Wildman–Crippen LogP) is 2.74. The lowest BCUT2D eigenvalue weighted by atomic mass is 10.2. The number of hydrogen-bond donors (Lipinski definition) is 0. The van der Waals surface area contributed by atoms with Crippen molar-refractivity contribution in [3.63, 3.8) is 0 Å². The van der Waals surface area contributed by atoms with Gasteiger partial charge in [-0.15, -0.1) is 0 Å². The van der Waals surface area contributed by atoms with Crippen LogP contribution in [0, 0.1) is 17.0 Å². The van der Waals surface area contributed by atoms with Gasteiger partial charge in [-0.25, -0.2) is 0 Å². The molecular weight excluding hydrogens is 272 g/mol. The smallest absolute Gasteiger partial charge is 0.266 e. The van der Waals surface area contributed by atoms with Gasteiger partial charge in [0, 0.05) is 23.6 Å². The van der Waals surface area contributed by atoms with Crippen LogP contribution in [-0.4, -0.2) is 18.2 Å². The summed E-state index contributed by atoms with van der Waals surface area (Å²) in [7, 11) is 1.29. The van der Waals surface area contributed by atoms with Gasteiger partial charge in [0.2, 0.25) is 0 Å². The molecule has 0 amide bonds. The Morgan fingerprint density at radius 3 is 2.67 bits per heavy atom. The Morgan fingerprint density at radius 1 is 1.29 bits per heavy atom. The summed E-state index contributed by atoms with van der Waals surface area (Å²) in [5, 5.41) is 22.6. The average Bonchev–Trinajstić information content (AvgIpc) is 2.46. The zero-order valence-corrected chi connectivity index (χ0v) is 11.6. The molecule has 0 heterocycles. The van der Waals surface area contributed by atoms with Crippen molar-refractivity contribution in [2.75, 3.05) is 7.11 Å². The molecule has 0 radical (unpaired) electrons. The molecule has 0 aromatic heterocycles. The molecule has 2 aromatic rings. The van der Waals surface area contributed by atoms with Gasteiger partial charge in [-0.05, 0) is 30.7 Å². The van der Waals surface area contributed by atoms with E-state index in [1.165, 1.54) is 25.5 Å². The zero-order chi connectivity index (χ0) is 15.4. The zero-order valence-electron chi connectivity index (χ0n) is 11.6. The number of nitrogens with zero attached hydrogens (tertiary/aromatic N) is 2. The molecule has 0 aliphatic carbocycles. The molecule has 6 nitrogen and oxygen atoms in total. The van der Waals surface area contributed by atoms with E-state index in [4.69, 9.17) is 4.74 Å². The van der Waals surface area contributed by atoms with E-state index in [0.29, 0.717) is 5.56 Å². The second kappa shape index (κ2) is 6.04. The van der Waals surface area contributed by atoms with Crippen LogP contribution in [-0.2, 0) is 0 Å². The molecule has 2 aromatic carbocycles. The maximum Gasteiger partial charge on any atom is 0.266 e. The van der Waals surface area contributed by atoms with Crippen LogP contribution in [0.1, 0.15) is 11.1 Å². The van der Waals surface area contributed by atoms with Crippen molar-refractivity contribution in [3.05, 3.63) is 57.6 Å². The number of hydrogen-bond acceptors (Lipinski definition) is 5. The van der Waals surface area contributed by atoms with Gasteiger partial charge in [-0.3, -0.25) is 15.1 Å². The SMILES string of the molecule is COc1cc(C=Nc2cccc(C)c2)cc([N+](=O)[O-])c1[O-]. The third kappa shape index (κ3) is 3.36. The minimum absolute atomic E-state index is 0.0742. The van der Waals surface area contributed by atoms with Crippen molar-refractivity contribution in [1.29, 1.82) is 0 Å². The number of rotatable bonds is 4. The molecule has 0 spiro atoms. The second-order valence-electron chi connectivity index (χ2n) is 4.43. The van der Waals surface area contributed by atoms with Crippen LogP contribution in [0.5, 0.6) is 11.5 Å². The van der Waals surface area contributed by atoms with E-state index in [0.717, 1.165) is 11.3 Å². The molecule has 0 unspecified atom stereocenters. The number of ether oxygens (including phenoxy) is 1. The van der Waals surface area contributed by atoms with Gasteiger partial charge in [0.1, 0.15) is 5.75 Å². The number of aliphatic imine (C=N–C) groups is 1. The Bertz CT molecular complexity index is 711. The molecule has 2 rings (SSSR count). The molecule has 0 bridgehead atoms. The first kappa shape index (κ1) is 14.5. The molecule has 6 heteroatoms. The monoisotopic (exact) mass is 285 g/mol. The van der Waals surface area contributed by atoms with Crippen molar-refractivity contribution >= 4 is 17.6 Å². The second-order valence-corrected chi connectivity index (χ2v) is 4.43. The summed E-state index contributed by atoms with van der Waals surface area (Å²) in [6.07, 6.45) is 1.46. The summed E-state index contributed by atoms with van der Waals surface area (Å²) in [5.41, 5.74) is 1.69. The predicted molar refractivity (Wildman–Crippen MR) is 77.5 cm³/mol. The minimum Gasteiger partial charge on any atom is -0.865 e. The van der Waals surface area contributed by atoms with Gasteiger partial charge in [-0.2, -0.15) is 0 Å². The van der Waals surface area contributed by atoms with E-state index in [9.17, 15) is 15.2 Å². The van der Waals surface area contributed by atoms with Gasteiger partial charge in [-0.1, -0.05) is 12.1 Å². The lowest BCUT2D eigenvalue weighted by molar-refractivity contribution is -0.398. The van der Waals surface area contributed by atoms with E-state index in [1.807, 2.05) is 31.2 Å². The molecule has 0 atom stereocenters. The first-order valence-electron chi connectivity index (χ1n) is 6.15. The van der Waals surface area contributed by atoms with Crippen LogP contribution in [0.3, 0.4) is 0 Å². The van der Waals surface area contributed by atoms with Crippen LogP contribution < -0.4 is 9.84 Å². The Labute approximate surface area is 121 Å². The number of nitro groups is 1. The summed E-state index contributed by atoms with van der Waals surface area (Å²) < 4.78 is 4.87. The number of methoxy groups -OCH3 is 1. The van der Waals surface area contributed by atoms with Crippen LogP contribution in [0.25, 0.3) is 0 Å². The Kier molecular flexibility index (Phi) is 4.18. The minimum atomic E-state index is -0.741. The van der Waals surface area contributed by atoms with E-state index < -0.39 is 16.4 Å². The molecular formula is C15H13N2O4-. The fourth-order valence-corrected chi connectivity index (χ4v) is 1.83. The van der Waals surface area contributed by atoms with Crippen molar-refractivity contribution in [2.24, 2.45) is 4.99 Å². The van der Waals surface area contributed by atoms with Gasteiger partial charge in [0.05, 0.1) is 17.7 Å². The number of aryl methyl sites for hydroxylation is 1. The average molecular weight is 285 g/mol. The van der Waals surface area contributed by atoms with E-state index in [1.54, 1.807) is 0 Å². The van der Waals surface area contributed by atoms with Crippen LogP contribution in [0.2, 0.25) is 0 Å². The fraction of sp³-hybridized carbons (Fsp3) is 0.133. The third-order valence-electron chi connectivity index (χ3n) is 2.84. The summed E-state index contributed by atoms with van der Waals surface area (Å²) in [6.45, 7) is 1.94. The standard InChI is InChI=1S/C15H14N2O4/c1-10-4-3-5-12(6-10)16-9-11-7-13(17(19)20)15(18)14(8-11)21-2/h3-9,18H,1-2H3/p-1. The van der Waals surface area contributed by atoms with Crippen molar-refractivity contribution < 1.29 is 14.8 Å². The molecule has 0 N–H and O–H groups in total. The summed E-state index contributed by atoms with van der Waals surface area (Å²) in [5.74, 6) is -0.815. The van der Waals surface area contributed by atoms with Crippen molar-refractivity contribution in [1.82, 2.24) is 0 Å². The highest BCUT2D eigenvalue weighted by molar-refractivity contribution is 5.84. The van der Waals surface area contributed by atoms with E-state index >= 15 is 0 Å². The molecule has 0 fully saturated rings. The lowest BCUT2D eigenvalue weighted by Gasteiger charge is -2.12. The lowest BCUT2D eigenvalue weighted by Crippen LogP contribution is -2.02. The number of nitro benzene ring substituents is 1. The largest absolute Gasteiger partial charge is 0.865 e. The fourth-order valence-electron chi connectivity index (χ4n) is 1.83. The Morgan fingerprint density at radius 2 is 2.05 bits per heavy atom. The highest BCUT2D eigenvalue weighted by Crippen LogP contribution is 2.34. The molecule has 0 saturated heterocycles. The van der Waals surface area contributed by atoms with Gasteiger partial charge in [0.15, 0.2) is 0 Å². The van der Waals surface area contributed by atoms with Crippen molar-refractivity contribution in [2.45, 2.75) is 6.92 Å².